The zero-order chi connectivity index (χ0) is 25.5. The molecule has 0 aliphatic carbocycles. The molecule has 0 aromatic rings. The van der Waals surface area contributed by atoms with E-state index in [-0.39, 0.29) is 28.2 Å². The number of methoxy groups -OCH3 is 1. The Morgan fingerprint density at radius 1 is 0.938 bits per heavy atom. The van der Waals surface area contributed by atoms with Crippen LogP contribution in [0.2, 0.25) is 36.3 Å². The second-order valence-electron chi connectivity index (χ2n) is 12.4. The Kier molecular flexibility index (Phi) is 12.1. The van der Waals surface area contributed by atoms with Gasteiger partial charge in [-0.1, -0.05) is 79.7 Å². The molecule has 0 rings (SSSR count). The summed E-state index contributed by atoms with van der Waals surface area (Å²) >= 11 is 0. The SMILES string of the molecule is C=C[C@@H](O[Si](C)(C)C(C)(C)C)[C@H](C)[C@H](OC)/C(C)=C/C=C/[C@H](C)CO[Si](C)(C)C(C)(C)C. The highest BCUT2D eigenvalue weighted by atomic mass is 28.4. The molecule has 0 unspecified atom stereocenters. The van der Waals surface area contributed by atoms with Crippen molar-refractivity contribution in [3.63, 3.8) is 0 Å². The summed E-state index contributed by atoms with van der Waals surface area (Å²) in [6.07, 6.45) is 8.42. The summed E-state index contributed by atoms with van der Waals surface area (Å²) in [7, 11) is -1.82. The number of hydrogen-bond donors (Lipinski definition) is 0. The summed E-state index contributed by atoms with van der Waals surface area (Å²) in [4.78, 5) is 0. The van der Waals surface area contributed by atoms with Gasteiger partial charge in [0.2, 0.25) is 0 Å². The smallest absolute Gasteiger partial charge is 0.192 e. The minimum absolute atomic E-state index is 0.0220. The van der Waals surface area contributed by atoms with E-state index in [4.69, 9.17) is 13.6 Å². The van der Waals surface area contributed by atoms with Crippen molar-refractivity contribution in [3.8, 4) is 0 Å². The predicted molar refractivity (Wildman–Crippen MR) is 147 cm³/mol. The van der Waals surface area contributed by atoms with Crippen LogP contribution < -0.4 is 0 Å². The molecule has 5 heteroatoms. The van der Waals surface area contributed by atoms with E-state index in [2.05, 4.69) is 113 Å². The summed E-state index contributed by atoms with van der Waals surface area (Å²) in [6, 6.07) is 0. The van der Waals surface area contributed by atoms with Crippen molar-refractivity contribution in [2.24, 2.45) is 11.8 Å². The summed E-state index contributed by atoms with van der Waals surface area (Å²) < 4.78 is 18.9. The molecule has 0 aromatic heterocycles. The Hall–Kier alpha value is -0.466. The summed E-state index contributed by atoms with van der Waals surface area (Å²) in [5.74, 6) is 0.546. The van der Waals surface area contributed by atoms with E-state index in [1.165, 1.54) is 5.57 Å². The topological polar surface area (TPSA) is 27.7 Å². The van der Waals surface area contributed by atoms with Crippen LogP contribution >= 0.6 is 0 Å². The first-order chi connectivity index (χ1) is 14.3. The van der Waals surface area contributed by atoms with E-state index in [0.29, 0.717) is 5.92 Å². The van der Waals surface area contributed by atoms with Gasteiger partial charge in [-0.3, -0.25) is 0 Å². The van der Waals surface area contributed by atoms with Crippen LogP contribution in [0.25, 0.3) is 0 Å². The van der Waals surface area contributed by atoms with Crippen molar-refractivity contribution in [1.29, 1.82) is 0 Å². The number of hydrogen-bond acceptors (Lipinski definition) is 3. The van der Waals surface area contributed by atoms with Gasteiger partial charge in [-0.05, 0) is 54.7 Å². The average Bonchev–Trinajstić information content (AvgIpc) is 2.63. The third-order valence-electron chi connectivity index (χ3n) is 7.48. The predicted octanol–water partition coefficient (Wildman–Crippen LogP) is 8.37. The molecule has 0 N–H and O–H groups in total. The van der Waals surface area contributed by atoms with Crippen LogP contribution in [0.5, 0.6) is 0 Å². The standard InChI is InChI=1S/C27H54O3Si2/c1-16-24(30-32(14,15)27(8,9)10)23(4)25(28-11)22(3)19-17-18-21(2)20-29-31(12,13)26(5,6)7/h16-19,21,23-25H,1,20H2,2-15H3/b18-17+,22-19+/t21-,23-,24+,25+/m0/s1. The van der Waals surface area contributed by atoms with Gasteiger partial charge in [0.15, 0.2) is 16.6 Å². The van der Waals surface area contributed by atoms with Crippen LogP contribution in [0.4, 0.5) is 0 Å². The minimum atomic E-state index is -1.89. The molecular weight excluding hydrogens is 428 g/mol. The van der Waals surface area contributed by atoms with E-state index in [0.717, 1.165) is 6.61 Å². The van der Waals surface area contributed by atoms with Gasteiger partial charge in [0.25, 0.3) is 0 Å². The number of allylic oxidation sites excluding steroid dienone is 2. The highest BCUT2D eigenvalue weighted by Gasteiger charge is 2.41. The van der Waals surface area contributed by atoms with Crippen molar-refractivity contribution in [1.82, 2.24) is 0 Å². The van der Waals surface area contributed by atoms with Crippen LogP contribution in [0.1, 0.15) is 62.3 Å². The fraction of sp³-hybridized carbons (Fsp3) is 0.778. The molecule has 0 aliphatic heterocycles. The molecule has 0 heterocycles. The average molecular weight is 483 g/mol. The Balaban J connectivity index is 5.22. The number of rotatable bonds is 12. The highest BCUT2D eigenvalue weighted by Crippen LogP contribution is 2.39. The zero-order valence-corrected chi connectivity index (χ0v) is 25.8. The van der Waals surface area contributed by atoms with Crippen LogP contribution in [0.3, 0.4) is 0 Å². The lowest BCUT2D eigenvalue weighted by molar-refractivity contribution is 0.0374. The molecular formula is C27H54O3Si2. The third kappa shape index (κ3) is 9.42. The first kappa shape index (κ1) is 31.5. The molecule has 3 nitrogen and oxygen atoms in total. The van der Waals surface area contributed by atoms with Gasteiger partial charge in [-0.25, -0.2) is 0 Å². The molecule has 0 radical (unpaired) electrons. The van der Waals surface area contributed by atoms with Crippen molar-refractivity contribution in [2.75, 3.05) is 13.7 Å². The minimum Gasteiger partial charge on any atom is -0.416 e. The van der Waals surface area contributed by atoms with Gasteiger partial charge in [0.05, 0.1) is 12.2 Å². The van der Waals surface area contributed by atoms with E-state index in [1.807, 2.05) is 6.08 Å². The van der Waals surface area contributed by atoms with Crippen LogP contribution in [0.15, 0.2) is 36.5 Å². The van der Waals surface area contributed by atoms with E-state index in [9.17, 15) is 0 Å². The second kappa shape index (κ2) is 12.3. The van der Waals surface area contributed by atoms with Gasteiger partial charge in [0.1, 0.15) is 0 Å². The molecule has 0 aromatic carbocycles. The maximum atomic E-state index is 6.66. The number of ether oxygens (including phenoxy) is 1. The fourth-order valence-corrected chi connectivity index (χ4v) is 5.44. The maximum Gasteiger partial charge on any atom is 0.192 e. The summed E-state index contributed by atoms with van der Waals surface area (Å²) in [5.41, 5.74) is 1.19. The molecule has 4 atom stereocenters. The summed E-state index contributed by atoms with van der Waals surface area (Å²) in [6.45, 7) is 34.2. The zero-order valence-electron chi connectivity index (χ0n) is 23.8. The third-order valence-corrected chi connectivity index (χ3v) is 16.5. The first-order valence-electron chi connectivity index (χ1n) is 12.1. The quantitative estimate of drug-likeness (QED) is 0.159. The lowest BCUT2D eigenvalue weighted by Crippen LogP contribution is -2.46. The molecule has 0 fully saturated rings. The molecule has 0 bridgehead atoms. The van der Waals surface area contributed by atoms with Gasteiger partial charge < -0.3 is 13.6 Å². The molecule has 0 amide bonds. The van der Waals surface area contributed by atoms with Crippen molar-refractivity contribution >= 4 is 16.6 Å². The van der Waals surface area contributed by atoms with Crippen molar-refractivity contribution in [2.45, 2.75) is 111 Å². The van der Waals surface area contributed by atoms with E-state index < -0.39 is 16.6 Å². The van der Waals surface area contributed by atoms with Gasteiger partial charge in [0, 0.05) is 19.6 Å². The lowest BCUT2D eigenvalue weighted by atomic mass is 9.92. The Morgan fingerprint density at radius 2 is 1.44 bits per heavy atom. The Morgan fingerprint density at radius 3 is 1.84 bits per heavy atom. The van der Waals surface area contributed by atoms with Crippen molar-refractivity contribution < 1.29 is 13.6 Å². The Labute approximate surface area is 203 Å². The van der Waals surface area contributed by atoms with Crippen LogP contribution in [-0.2, 0) is 13.6 Å². The lowest BCUT2D eigenvalue weighted by Gasteiger charge is -2.41. The molecule has 0 spiro atoms. The van der Waals surface area contributed by atoms with Gasteiger partial charge >= 0.3 is 0 Å². The summed E-state index contributed by atoms with van der Waals surface area (Å²) in [5, 5.41) is 0.399. The van der Waals surface area contributed by atoms with Crippen LogP contribution in [-0.4, -0.2) is 42.6 Å². The van der Waals surface area contributed by atoms with Crippen LogP contribution in [0, 0.1) is 11.8 Å². The molecule has 188 valence electrons. The van der Waals surface area contributed by atoms with Gasteiger partial charge in [-0.2, -0.15) is 0 Å². The molecule has 32 heavy (non-hydrogen) atoms. The highest BCUT2D eigenvalue weighted by molar-refractivity contribution is 6.74. The van der Waals surface area contributed by atoms with E-state index >= 15 is 0 Å². The largest absolute Gasteiger partial charge is 0.416 e. The fourth-order valence-electron chi connectivity index (χ4n) is 2.98. The second-order valence-corrected chi connectivity index (χ2v) is 22.0. The normalized spacial score (nSPS) is 18.5. The van der Waals surface area contributed by atoms with E-state index in [1.54, 1.807) is 7.11 Å². The molecule has 0 aliphatic rings. The first-order valence-corrected chi connectivity index (χ1v) is 17.9. The molecule has 0 saturated carbocycles. The van der Waals surface area contributed by atoms with Crippen molar-refractivity contribution in [3.05, 3.63) is 36.5 Å². The Bertz CT molecular complexity index is 636. The monoisotopic (exact) mass is 482 g/mol. The van der Waals surface area contributed by atoms with Gasteiger partial charge in [-0.15, -0.1) is 6.58 Å². The maximum absolute atomic E-state index is 6.66. The molecule has 0 saturated heterocycles.